The van der Waals surface area contributed by atoms with E-state index in [-0.39, 0.29) is 17.9 Å². The summed E-state index contributed by atoms with van der Waals surface area (Å²) >= 11 is 0. The third kappa shape index (κ3) is 2.97. The van der Waals surface area contributed by atoms with Crippen molar-refractivity contribution >= 4 is 5.97 Å². The lowest BCUT2D eigenvalue weighted by Crippen LogP contribution is -2.57. The molecule has 1 fully saturated rings. The molecule has 4 atom stereocenters. The second-order valence-corrected chi connectivity index (χ2v) is 6.25. The molecule has 2 rings (SSSR count). The maximum Gasteiger partial charge on any atom is 0.316 e. The largest absolute Gasteiger partial charge is 0.468 e. The molecule has 0 amide bonds. The molecule has 0 spiro atoms. The van der Waals surface area contributed by atoms with Gasteiger partial charge in [-0.25, -0.2) is 0 Å². The number of likely N-dealkylation sites (tertiary alicyclic amines) is 1. The highest BCUT2D eigenvalue weighted by Gasteiger charge is 2.50. The third-order valence-electron chi connectivity index (χ3n) is 4.86. The van der Waals surface area contributed by atoms with Crippen LogP contribution in [0.5, 0.6) is 0 Å². The van der Waals surface area contributed by atoms with Crippen LogP contribution in [-0.4, -0.2) is 48.3 Å². The van der Waals surface area contributed by atoms with Gasteiger partial charge in [0.25, 0.3) is 0 Å². The molecule has 0 radical (unpaired) electrons. The summed E-state index contributed by atoms with van der Waals surface area (Å²) in [5, 5.41) is 11.3. The van der Waals surface area contributed by atoms with E-state index < -0.39 is 11.5 Å². The Hall–Kier alpha value is -1.39. The standard InChI is InChI=1S/C17H25NO3/c1-12-11-18(3)13(2)10-17(12,20)15(16(19)21-4)14-8-6-5-7-9-14/h5-9,12-13,15,20H,10-11H2,1-4H3/t12-,13+,15-,17-/m0/s1. The van der Waals surface area contributed by atoms with Crippen molar-refractivity contribution in [1.29, 1.82) is 0 Å². The van der Waals surface area contributed by atoms with Crippen molar-refractivity contribution in [3.63, 3.8) is 0 Å². The fourth-order valence-corrected chi connectivity index (χ4v) is 3.39. The highest BCUT2D eigenvalue weighted by Crippen LogP contribution is 2.42. The Morgan fingerprint density at radius 2 is 2.00 bits per heavy atom. The first-order valence-electron chi connectivity index (χ1n) is 7.45. The van der Waals surface area contributed by atoms with E-state index in [0.29, 0.717) is 6.42 Å². The van der Waals surface area contributed by atoms with E-state index in [2.05, 4.69) is 18.9 Å². The predicted octanol–water partition coefficient (Wildman–Crippen LogP) is 2.03. The Labute approximate surface area is 126 Å². The minimum atomic E-state index is -1.08. The van der Waals surface area contributed by atoms with Crippen LogP contribution in [-0.2, 0) is 9.53 Å². The van der Waals surface area contributed by atoms with E-state index in [1.165, 1.54) is 7.11 Å². The van der Waals surface area contributed by atoms with Gasteiger partial charge >= 0.3 is 5.97 Å². The number of ether oxygens (including phenoxy) is 1. The maximum absolute atomic E-state index is 12.4. The monoisotopic (exact) mass is 291 g/mol. The molecule has 0 bridgehead atoms. The number of hydrogen-bond donors (Lipinski definition) is 1. The Morgan fingerprint density at radius 3 is 2.57 bits per heavy atom. The average Bonchev–Trinajstić information content (AvgIpc) is 2.46. The summed E-state index contributed by atoms with van der Waals surface area (Å²) in [6, 6.07) is 9.67. The molecule has 21 heavy (non-hydrogen) atoms. The van der Waals surface area contributed by atoms with Gasteiger partial charge in [0.05, 0.1) is 12.7 Å². The number of rotatable bonds is 3. The number of carbonyl (C=O) groups excluding carboxylic acids is 1. The summed E-state index contributed by atoms with van der Waals surface area (Å²) < 4.78 is 4.98. The minimum Gasteiger partial charge on any atom is -0.468 e. The summed E-state index contributed by atoms with van der Waals surface area (Å²) in [4.78, 5) is 14.6. The maximum atomic E-state index is 12.4. The van der Waals surface area contributed by atoms with Crippen LogP contribution in [0.4, 0.5) is 0 Å². The molecule has 1 aliphatic rings. The van der Waals surface area contributed by atoms with Crippen molar-refractivity contribution in [3.05, 3.63) is 35.9 Å². The summed E-state index contributed by atoms with van der Waals surface area (Å²) in [5.41, 5.74) is -0.268. The SMILES string of the molecule is COC(=O)[C@H](c1ccccc1)[C@]1(O)C[C@@H](C)N(C)C[C@@H]1C. The first kappa shape index (κ1) is 16.0. The van der Waals surface area contributed by atoms with Gasteiger partial charge in [-0.3, -0.25) is 4.79 Å². The predicted molar refractivity (Wildman–Crippen MR) is 82.0 cm³/mol. The Balaban J connectivity index is 2.42. The Kier molecular flexibility index (Phi) is 4.69. The lowest BCUT2D eigenvalue weighted by molar-refractivity contribution is -0.159. The van der Waals surface area contributed by atoms with Gasteiger partial charge in [-0.15, -0.1) is 0 Å². The number of piperidine rings is 1. The lowest BCUT2D eigenvalue weighted by Gasteiger charge is -2.48. The molecule has 0 aromatic heterocycles. The lowest BCUT2D eigenvalue weighted by atomic mass is 9.68. The van der Waals surface area contributed by atoms with Crippen LogP contribution in [0.25, 0.3) is 0 Å². The number of carbonyl (C=O) groups is 1. The first-order chi connectivity index (χ1) is 9.90. The van der Waals surface area contributed by atoms with Crippen molar-refractivity contribution < 1.29 is 14.6 Å². The highest BCUT2D eigenvalue weighted by molar-refractivity contribution is 5.79. The summed E-state index contributed by atoms with van der Waals surface area (Å²) in [7, 11) is 3.43. The average molecular weight is 291 g/mol. The van der Waals surface area contributed by atoms with Crippen LogP contribution in [0.1, 0.15) is 31.7 Å². The molecular formula is C17H25NO3. The van der Waals surface area contributed by atoms with Crippen LogP contribution < -0.4 is 0 Å². The zero-order chi connectivity index (χ0) is 15.6. The van der Waals surface area contributed by atoms with Crippen LogP contribution in [0.15, 0.2) is 30.3 Å². The molecule has 1 aliphatic heterocycles. The molecule has 1 saturated heterocycles. The van der Waals surface area contributed by atoms with E-state index in [1.54, 1.807) is 0 Å². The zero-order valence-electron chi connectivity index (χ0n) is 13.2. The Bertz CT molecular complexity index is 490. The number of nitrogens with zero attached hydrogens (tertiary/aromatic N) is 1. The van der Waals surface area contributed by atoms with Gasteiger partial charge in [-0.2, -0.15) is 0 Å². The number of esters is 1. The van der Waals surface area contributed by atoms with E-state index in [4.69, 9.17) is 4.74 Å². The van der Waals surface area contributed by atoms with Gasteiger partial charge in [0.15, 0.2) is 0 Å². The number of hydrogen-bond acceptors (Lipinski definition) is 4. The molecular weight excluding hydrogens is 266 g/mol. The molecule has 4 nitrogen and oxygen atoms in total. The van der Waals surface area contributed by atoms with Crippen molar-refractivity contribution in [1.82, 2.24) is 4.90 Å². The molecule has 0 aliphatic carbocycles. The zero-order valence-corrected chi connectivity index (χ0v) is 13.2. The summed E-state index contributed by atoms with van der Waals surface area (Å²) in [6.07, 6.45) is 0.555. The van der Waals surface area contributed by atoms with Gasteiger partial charge in [-0.1, -0.05) is 37.3 Å². The van der Waals surface area contributed by atoms with Crippen molar-refractivity contribution in [2.45, 2.75) is 37.8 Å². The molecule has 1 aromatic rings. The van der Waals surface area contributed by atoms with Gasteiger partial charge in [0.2, 0.25) is 0 Å². The van der Waals surface area contributed by atoms with Crippen molar-refractivity contribution in [2.75, 3.05) is 20.7 Å². The smallest absolute Gasteiger partial charge is 0.316 e. The highest BCUT2D eigenvalue weighted by atomic mass is 16.5. The number of aliphatic hydroxyl groups is 1. The van der Waals surface area contributed by atoms with E-state index in [9.17, 15) is 9.90 Å². The molecule has 0 unspecified atom stereocenters. The van der Waals surface area contributed by atoms with E-state index >= 15 is 0 Å². The summed E-state index contributed by atoms with van der Waals surface area (Å²) in [6.45, 7) is 4.84. The van der Waals surface area contributed by atoms with Crippen LogP contribution >= 0.6 is 0 Å². The second kappa shape index (κ2) is 6.16. The van der Waals surface area contributed by atoms with Gasteiger partial charge in [-0.05, 0) is 31.9 Å². The fraction of sp³-hybridized carbons (Fsp3) is 0.588. The third-order valence-corrected chi connectivity index (χ3v) is 4.86. The fourth-order valence-electron chi connectivity index (χ4n) is 3.39. The minimum absolute atomic E-state index is 0.0111. The van der Waals surface area contributed by atoms with Crippen molar-refractivity contribution in [3.8, 4) is 0 Å². The summed E-state index contributed by atoms with van der Waals surface area (Å²) in [5.74, 6) is -1.02. The van der Waals surface area contributed by atoms with Crippen LogP contribution in [0.2, 0.25) is 0 Å². The molecule has 1 heterocycles. The number of methoxy groups -OCH3 is 1. The van der Waals surface area contributed by atoms with Crippen LogP contribution in [0, 0.1) is 5.92 Å². The van der Waals surface area contributed by atoms with Crippen molar-refractivity contribution in [2.24, 2.45) is 5.92 Å². The first-order valence-corrected chi connectivity index (χ1v) is 7.45. The Morgan fingerprint density at radius 1 is 1.38 bits per heavy atom. The van der Waals surface area contributed by atoms with Crippen LogP contribution in [0.3, 0.4) is 0 Å². The van der Waals surface area contributed by atoms with Gasteiger partial charge < -0.3 is 14.7 Å². The quantitative estimate of drug-likeness (QED) is 0.866. The molecule has 0 saturated carbocycles. The molecule has 1 N–H and O–H groups in total. The van der Waals surface area contributed by atoms with Gasteiger partial charge in [0, 0.05) is 12.6 Å². The molecule has 1 aromatic carbocycles. The normalized spacial score (nSPS) is 31.7. The van der Waals surface area contributed by atoms with E-state index in [0.717, 1.165) is 12.1 Å². The topological polar surface area (TPSA) is 49.8 Å². The number of benzene rings is 1. The molecule has 4 heteroatoms. The second-order valence-electron chi connectivity index (χ2n) is 6.25. The van der Waals surface area contributed by atoms with Gasteiger partial charge in [0.1, 0.15) is 5.92 Å². The van der Waals surface area contributed by atoms with E-state index in [1.807, 2.05) is 37.3 Å². The molecule has 116 valence electrons.